The molecule has 1 aromatic carbocycles. The van der Waals surface area contributed by atoms with Crippen molar-refractivity contribution in [2.75, 3.05) is 14.1 Å². The van der Waals surface area contributed by atoms with Crippen LogP contribution in [0.2, 0.25) is 0 Å². The zero-order valence-electron chi connectivity index (χ0n) is 9.56. The smallest absolute Gasteiger partial charge is 0.182 e. The van der Waals surface area contributed by atoms with Gasteiger partial charge in [-0.2, -0.15) is 0 Å². The molecule has 0 aromatic heterocycles. The second kappa shape index (κ2) is 6.56. The fourth-order valence-corrected chi connectivity index (χ4v) is 1.02. The van der Waals surface area contributed by atoms with Gasteiger partial charge in [-0.3, -0.25) is 0 Å². The molecule has 17 heavy (non-hydrogen) atoms. The van der Waals surface area contributed by atoms with Gasteiger partial charge in [-0.1, -0.05) is 23.5 Å². The van der Waals surface area contributed by atoms with Crippen molar-refractivity contribution in [3.63, 3.8) is 0 Å². The second-order valence-electron chi connectivity index (χ2n) is 3.22. The Bertz CT molecular complexity index is 326. The third-order valence-electron chi connectivity index (χ3n) is 2.08. The molecule has 0 aliphatic heterocycles. The predicted molar refractivity (Wildman–Crippen MR) is 57.3 cm³/mol. The van der Waals surface area contributed by atoms with Crippen LogP contribution >= 0.6 is 0 Å². The standard InChI is InChI=1S/C8H16N6O3/c1-10-11(2)13(9)17-14(16)12(15)8-6-4-3-5-7-8/h3-7,9,11-14H,1-2H3. The van der Waals surface area contributed by atoms with Crippen molar-refractivity contribution in [3.8, 4) is 0 Å². The summed E-state index contributed by atoms with van der Waals surface area (Å²) < 4.78 is 0. The number of nitrogens with zero attached hydrogens (tertiary/aromatic N) is 1. The van der Waals surface area contributed by atoms with Crippen molar-refractivity contribution in [2.45, 2.75) is 0 Å². The topological polar surface area (TPSA) is 111 Å². The van der Waals surface area contributed by atoms with Gasteiger partial charge in [0.05, 0.1) is 4.94 Å². The van der Waals surface area contributed by atoms with Crippen LogP contribution in [0.5, 0.6) is 0 Å². The van der Waals surface area contributed by atoms with E-state index < -0.39 is 15.8 Å². The van der Waals surface area contributed by atoms with E-state index in [9.17, 15) is 10.4 Å². The second-order valence-corrected chi connectivity index (χ2v) is 3.22. The summed E-state index contributed by atoms with van der Waals surface area (Å²) >= 11 is 0. The molecule has 9 heteroatoms. The lowest BCUT2D eigenvalue weighted by Crippen LogP contribution is -3.65. The van der Waals surface area contributed by atoms with E-state index >= 15 is 0 Å². The third kappa shape index (κ3) is 3.98. The number of hydrogen-bond donors (Lipinski definition) is 4. The Morgan fingerprint density at radius 3 is 2.35 bits per heavy atom. The highest BCUT2D eigenvalue weighted by atomic mass is 17.1. The molecule has 4 unspecified atom stereocenters. The molecule has 4 atom stereocenters. The van der Waals surface area contributed by atoms with Gasteiger partial charge in [0.15, 0.2) is 5.69 Å². The van der Waals surface area contributed by atoms with E-state index in [0.717, 1.165) is 0 Å². The zero-order valence-corrected chi connectivity index (χ0v) is 9.56. The summed E-state index contributed by atoms with van der Waals surface area (Å²) in [6.07, 6.45) is 0. The summed E-state index contributed by atoms with van der Waals surface area (Å²) in [6, 6.07) is 8.04. The molecule has 0 spiro atoms. The summed E-state index contributed by atoms with van der Waals surface area (Å²) in [7, 11) is 2.99. The molecule has 0 heterocycles. The van der Waals surface area contributed by atoms with Crippen LogP contribution < -0.4 is 20.9 Å². The van der Waals surface area contributed by atoms with E-state index in [1.54, 1.807) is 18.2 Å². The Morgan fingerprint density at radius 2 is 1.82 bits per heavy atom. The Hall–Kier alpha value is -1.14. The highest BCUT2D eigenvalue weighted by Crippen LogP contribution is 1.95. The maximum atomic E-state index is 11.6. The lowest BCUT2D eigenvalue weighted by molar-refractivity contribution is -1.69. The van der Waals surface area contributed by atoms with Crippen molar-refractivity contribution in [1.82, 2.24) is 0 Å². The SMILES string of the molecule is C[N-][NH+](C)[NH+]([NH-])O[NH+]([O-])[NH+]([O-])c1ccccc1. The summed E-state index contributed by atoms with van der Waals surface area (Å²) in [5.41, 5.74) is 3.91. The van der Waals surface area contributed by atoms with Crippen molar-refractivity contribution < 1.29 is 25.8 Å². The Balaban J connectivity index is 2.56. The molecule has 9 nitrogen and oxygen atoms in total. The van der Waals surface area contributed by atoms with E-state index in [2.05, 4.69) is 10.4 Å². The molecular formula is C8H16N6O3. The summed E-state index contributed by atoms with van der Waals surface area (Å²) in [6.45, 7) is 0. The van der Waals surface area contributed by atoms with E-state index in [0.29, 0.717) is 0 Å². The van der Waals surface area contributed by atoms with Crippen LogP contribution in [0.25, 0.3) is 11.3 Å². The number of para-hydroxylation sites is 1. The van der Waals surface area contributed by atoms with Gasteiger partial charge in [0, 0.05) is 12.1 Å². The van der Waals surface area contributed by atoms with Gasteiger partial charge >= 0.3 is 0 Å². The average molecular weight is 244 g/mol. The van der Waals surface area contributed by atoms with Crippen LogP contribution in [0.4, 0.5) is 5.69 Å². The monoisotopic (exact) mass is 244 g/mol. The molecule has 0 bridgehead atoms. The van der Waals surface area contributed by atoms with E-state index in [-0.39, 0.29) is 10.8 Å². The summed E-state index contributed by atoms with van der Waals surface area (Å²) in [5, 5.41) is 21.0. The van der Waals surface area contributed by atoms with Crippen LogP contribution in [-0.4, -0.2) is 14.1 Å². The largest absolute Gasteiger partial charge is 0.575 e. The minimum atomic E-state index is -1.08. The van der Waals surface area contributed by atoms with E-state index in [1.165, 1.54) is 26.2 Å². The average Bonchev–Trinajstić information content (AvgIpc) is 2.37. The first-order valence-corrected chi connectivity index (χ1v) is 4.90. The van der Waals surface area contributed by atoms with Crippen LogP contribution in [0.1, 0.15) is 0 Å². The first-order chi connectivity index (χ1) is 8.06. The number of nitrogens with one attached hydrogen (secondary N) is 5. The third-order valence-corrected chi connectivity index (χ3v) is 2.08. The van der Waals surface area contributed by atoms with Gasteiger partial charge < -0.3 is 21.7 Å². The van der Waals surface area contributed by atoms with Crippen LogP contribution in [0, 0.1) is 10.4 Å². The molecule has 0 amide bonds. The number of rotatable bonds is 6. The Labute approximate surface area is 98.5 Å². The van der Waals surface area contributed by atoms with Gasteiger partial charge in [-0.15, -0.1) is 12.2 Å². The fourth-order valence-electron chi connectivity index (χ4n) is 1.02. The van der Waals surface area contributed by atoms with Crippen molar-refractivity contribution >= 4 is 5.69 Å². The Morgan fingerprint density at radius 1 is 1.24 bits per heavy atom. The molecule has 1 rings (SSSR count). The molecule has 1 aromatic rings. The highest BCUT2D eigenvalue weighted by Gasteiger charge is 2.16. The number of benzene rings is 1. The predicted octanol–water partition coefficient (Wildman–Crippen LogP) is -3.95. The number of hydrogen-bond acceptors (Lipinski definition) is 3. The molecule has 0 radical (unpaired) electrons. The summed E-state index contributed by atoms with van der Waals surface area (Å²) in [5.74, 6) is 7.35. The molecular weight excluding hydrogens is 228 g/mol. The molecule has 0 saturated heterocycles. The minimum absolute atomic E-state index is 0.233. The van der Waals surface area contributed by atoms with Gasteiger partial charge in [-0.25, -0.2) is 5.12 Å². The van der Waals surface area contributed by atoms with Crippen LogP contribution in [-0.2, 0) is 4.94 Å². The highest BCUT2D eigenvalue weighted by molar-refractivity contribution is 5.27. The first-order valence-electron chi connectivity index (χ1n) is 4.90. The van der Waals surface area contributed by atoms with Crippen molar-refractivity contribution in [3.05, 3.63) is 52.0 Å². The van der Waals surface area contributed by atoms with E-state index in [1.807, 2.05) is 0 Å². The maximum Gasteiger partial charge on any atom is 0.182 e. The molecule has 0 aliphatic carbocycles. The molecule has 96 valence electrons. The lowest BCUT2D eigenvalue weighted by Gasteiger charge is -2.34. The van der Waals surface area contributed by atoms with Gasteiger partial charge in [0.25, 0.3) is 0 Å². The fraction of sp³-hybridized carbons (Fsp3) is 0.250. The van der Waals surface area contributed by atoms with Gasteiger partial charge in [-0.05, 0) is 5.34 Å². The van der Waals surface area contributed by atoms with Crippen molar-refractivity contribution in [2.24, 2.45) is 0 Å². The van der Waals surface area contributed by atoms with Gasteiger partial charge in [0.2, 0.25) is 0 Å². The van der Waals surface area contributed by atoms with E-state index in [4.69, 9.17) is 5.84 Å². The zero-order chi connectivity index (χ0) is 12.8. The molecule has 5 N–H and O–H groups in total. The lowest BCUT2D eigenvalue weighted by atomic mass is 10.3. The van der Waals surface area contributed by atoms with Crippen molar-refractivity contribution in [1.29, 1.82) is 0 Å². The normalized spacial score (nSPS) is 18.4. The summed E-state index contributed by atoms with van der Waals surface area (Å²) in [4.78, 5) is 4.58. The molecule has 0 saturated carbocycles. The molecule has 0 fully saturated rings. The number of quaternary nitrogens is 4. The molecule has 0 aliphatic rings. The first kappa shape index (κ1) is 13.9. The van der Waals surface area contributed by atoms with Crippen LogP contribution in [0.15, 0.2) is 30.3 Å². The quantitative estimate of drug-likeness (QED) is 0.383. The van der Waals surface area contributed by atoms with Gasteiger partial charge in [0.1, 0.15) is 7.05 Å². The van der Waals surface area contributed by atoms with Crippen LogP contribution in [0.3, 0.4) is 0 Å². The maximum absolute atomic E-state index is 11.6. The minimum Gasteiger partial charge on any atom is -0.575 e. The Kier molecular flexibility index (Phi) is 5.37.